The van der Waals surface area contributed by atoms with Gasteiger partial charge in [-0.15, -0.1) is 0 Å². The van der Waals surface area contributed by atoms with Crippen LogP contribution in [0.15, 0.2) is 29.1 Å². The summed E-state index contributed by atoms with van der Waals surface area (Å²) in [7, 11) is 3.85. The van der Waals surface area contributed by atoms with Crippen LogP contribution in [-0.4, -0.2) is 48.0 Å². The Hall–Kier alpha value is -2.21. The number of nitrogens with zero attached hydrogens (tertiary/aromatic N) is 2. The lowest BCUT2D eigenvalue weighted by molar-refractivity contribution is 0.0947. The monoisotopic (exact) mass is 260 g/mol. The third-order valence-electron chi connectivity index (χ3n) is 2.70. The van der Waals surface area contributed by atoms with Crippen LogP contribution in [0.25, 0.3) is 10.9 Å². The highest BCUT2D eigenvalue weighted by Gasteiger charge is 2.12. The molecular formula is C13H16N4O2. The molecule has 0 aliphatic rings. The Bertz CT molecular complexity index is 648. The second kappa shape index (κ2) is 5.62. The highest BCUT2D eigenvalue weighted by molar-refractivity contribution is 6.04. The summed E-state index contributed by atoms with van der Waals surface area (Å²) in [6, 6.07) is 7.11. The van der Waals surface area contributed by atoms with Gasteiger partial charge in [-0.2, -0.15) is 4.98 Å². The van der Waals surface area contributed by atoms with Gasteiger partial charge in [0, 0.05) is 18.5 Å². The molecule has 1 aromatic carbocycles. The maximum absolute atomic E-state index is 12.0. The van der Waals surface area contributed by atoms with Crippen LogP contribution in [0.5, 0.6) is 0 Å². The van der Waals surface area contributed by atoms with E-state index < -0.39 is 5.69 Å². The van der Waals surface area contributed by atoms with Crippen molar-refractivity contribution in [2.24, 2.45) is 0 Å². The summed E-state index contributed by atoms with van der Waals surface area (Å²) >= 11 is 0. The first-order valence-corrected chi connectivity index (χ1v) is 6.00. The average Bonchev–Trinajstić information content (AvgIpc) is 2.37. The third-order valence-corrected chi connectivity index (χ3v) is 2.70. The van der Waals surface area contributed by atoms with Crippen LogP contribution in [0.4, 0.5) is 0 Å². The van der Waals surface area contributed by atoms with Gasteiger partial charge in [0.25, 0.3) is 5.91 Å². The number of aromatic nitrogens is 2. The fourth-order valence-corrected chi connectivity index (χ4v) is 1.75. The van der Waals surface area contributed by atoms with Gasteiger partial charge < -0.3 is 15.2 Å². The fourth-order valence-electron chi connectivity index (χ4n) is 1.75. The molecule has 0 atom stereocenters. The van der Waals surface area contributed by atoms with Gasteiger partial charge in [-0.1, -0.05) is 18.2 Å². The first-order valence-electron chi connectivity index (χ1n) is 6.00. The largest absolute Gasteiger partial charge is 0.349 e. The molecule has 19 heavy (non-hydrogen) atoms. The van der Waals surface area contributed by atoms with Crippen LogP contribution in [0.2, 0.25) is 0 Å². The smallest absolute Gasteiger partial charge is 0.346 e. The minimum Gasteiger partial charge on any atom is -0.349 e. The molecule has 0 fully saturated rings. The predicted molar refractivity (Wildman–Crippen MR) is 73.3 cm³/mol. The lowest BCUT2D eigenvalue weighted by Crippen LogP contribution is -2.33. The van der Waals surface area contributed by atoms with Crippen molar-refractivity contribution in [3.8, 4) is 0 Å². The second-order valence-electron chi connectivity index (χ2n) is 4.50. The molecule has 2 rings (SSSR count). The first-order chi connectivity index (χ1) is 9.08. The molecule has 0 spiro atoms. The quantitative estimate of drug-likeness (QED) is 0.824. The van der Waals surface area contributed by atoms with Crippen molar-refractivity contribution >= 4 is 16.8 Å². The van der Waals surface area contributed by atoms with Crippen molar-refractivity contribution in [1.29, 1.82) is 0 Å². The van der Waals surface area contributed by atoms with Crippen LogP contribution < -0.4 is 11.0 Å². The molecule has 1 heterocycles. The number of fused-ring (bicyclic) bond motifs is 1. The molecule has 0 unspecified atom stereocenters. The number of carbonyl (C=O) groups is 1. The first kappa shape index (κ1) is 13.2. The molecule has 1 aromatic heterocycles. The Morgan fingerprint density at radius 3 is 2.84 bits per heavy atom. The zero-order chi connectivity index (χ0) is 13.8. The summed E-state index contributed by atoms with van der Waals surface area (Å²) in [6.07, 6.45) is 0. The van der Waals surface area contributed by atoms with Gasteiger partial charge in [0.15, 0.2) is 0 Å². The second-order valence-corrected chi connectivity index (χ2v) is 4.50. The van der Waals surface area contributed by atoms with Crippen LogP contribution in [0.1, 0.15) is 10.5 Å². The van der Waals surface area contributed by atoms with E-state index >= 15 is 0 Å². The van der Waals surface area contributed by atoms with E-state index in [4.69, 9.17) is 0 Å². The summed E-state index contributed by atoms with van der Waals surface area (Å²) in [5.41, 5.74) is 0.259. The number of aromatic amines is 1. The third kappa shape index (κ3) is 3.17. The fraction of sp³-hybridized carbons (Fsp3) is 0.308. The van der Waals surface area contributed by atoms with Gasteiger partial charge in [-0.3, -0.25) is 4.79 Å². The number of carbonyl (C=O) groups excluding carboxylic acids is 1. The minimum absolute atomic E-state index is 0.165. The van der Waals surface area contributed by atoms with Crippen molar-refractivity contribution in [2.45, 2.75) is 0 Å². The highest BCUT2D eigenvalue weighted by atomic mass is 16.2. The molecule has 100 valence electrons. The van der Waals surface area contributed by atoms with Crippen LogP contribution >= 0.6 is 0 Å². The molecule has 2 N–H and O–H groups in total. The Morgan fingerprint density at radius 1 is 1.37 bits per heavy atom. The number of benzene rings is 1. The number of hydrogen-bond donors (Lipinski definition) is 2. The number of para-hydroxylation sites is 1. The molecule has 0 bridgehead atoms. The maximum atomic E-state index is 12.0. The summed E-state index contributed by atoms with van der Waals surface area (Å²) in [5, 5.41) is 3.40. The number of likely N-dealkylation sites (N-methyl/N-ethyl adjacent to an activating group) is 1. The van der Waals surface area contributed by atoms with Crippen molar-refractivity contribution < 1.29 is 4.79 Å². The topological polar surface area (TPSA) is 78.1 Å². The van der Waals surface area contributed by atoms with Crippen LogP contribution in [0.3, 0.4) is 0 Å². The molecule has 0 radical (unpaired) electrons. The van der Waals surface area contributed by atoms with Crippen molar-refractivity contribution in [2.75, 3.05) is 27.2 Å². The van der Waals surface area contributed by atoms with E-state index in [1.807, 2.05) is 19.0 Å². The normalized spacial score (nSPS) is 10.9. The van der Waals surface area contributed by atoms with E-state index in [-0.39, 0.29) is 11.6 Å². The average molecular weight is 260 g/mol. The molecule has 0 aliphatic carbocycles. The van der Waals surface area contributed by atoms with Crippen molar-refractivity contribution in [3.63, 3.8) is 0 Å². The van der Waals surface area contributed by atoms with Gasteiger partial charge in [-0.25, -0.2) is 4.79 Å². The van der Waals surface area contributed by atoms with E-state index in [1.54, 1.807) is 24.3 Å². The number of H-pyrrole nitrogens is 1. The number of hydrogen-bond acceptors (Lipinski definition) is 4. The standard InChI is InChI=1S/C13H16N4O2/c1-17(2)8-7-14-12(18)11-9-5-3-4-6-10(9)15-13(19)16-11/h3-6H,7-8H2,1-2H3,(H,14,18)(H,15,16,19). The number of amides is 1. The lowest BCUT2D eigenvalue weighted by atomic mass is 10.2. The summed E-state index contributed by atoms with van der Waals surface area (Å²) in [4.78, 5) is 31.8. The van der Waals surface area contributed by atoms with Crippen molar-refractivity contribution in [1.82, 2.24) is 20.2 Å². The van der Waals surface area contributed by atoms with E-state index in [1.165, 1.54) is 0 Å². The molecule has 0 saturated heterocycles. The van der Waals surface area contributed by atoms with Gasteiger partial charge >= 0.3 is 5.69 Å². The van der Waals surface area contributed by atoms with Gasteiger partial charge in [0.1, 0.15) is 5.69 Å². The van der Waals surface area contributed by atoms with E-state index in [0.717, 1.165) is 6.54 Å². The zero-order valence-corrected chi connectivity index (χ0v) is 10.9. The van der Waals surface area contributed by atoms with Crippen LogP contribution in [-0.2, 0) is 0 Å². The Morgan fingerprint density at radius 2 is 2.11 bits per heavy atom. The van der Waals surface area contributed by atoms with E-state index in [0.29, 0.717) is 17.4 Å². The number of nitrogens with one attached hydrogen (secondary N) is 2. The SMILES string of the molecule is CN(C)CCNC(=O)c1nc(=O)[nH]c2ccccc12. The Labute approximate surface area is 110 Å². The molecule has 0 aliphatic heterocycles. The minimum atomic E-state index is -0.517. The van der Waals surface area contributed by atoms with E-state index in [9.17, 15) is 9.59 Å². The summed E-state index contributed by atoms with van der Waals surface area (Å²) in [5.74, 6) is -0.329. The van der Waals surface area contributed by atoms with Crippen molar-refractivity contribution in [3.05, 3.63) is 40.4 Å². The maximum Gasteiger partial charge on any atom is 0.346 e. The molecule has 1 amide bonds. The number of rotatable bonds is 4. The zero-order valence-electron chi connectivity index (χ0n) is 10.9. The Kier molecular flexibility index (Phi) is 3.91. The van der Waals surface area contributed by atoms with Gasteiger partial charge in [0.05, 0.1) is 5.52 Å². The van der Waals surface area contributed by atoms with Gasteiger partial charge in [0.2, 0.25) is 0 Å². The van der Waals surface area contributed by atoms with Gasteiger partial charge in [-0.05, 0) is 20.2 Å². The highest BCUT2D eigenvalue weighted by Crippen LogP contribution is 2.12. The molecule has 6 heteroatoms. The molecule has 6 nitrogen and oxygen atoms in total. The molecular weight excluding hydrogens is 244 g/mol. The summed E-state index contributed by atoms with van der Waals surface area (Å²) in [6.45, 7) is 1.24. The van der Waals surface area contributed by atoms with E-state index in [2.05, 4.69) is 15.3 Å². The molecule has 2 aromatic rings. The lowest BCUT2D eigenvalue weighted by Gasteiger charge is -2.10. The molecule has 0 saturated carbocycles. The van der Waals surface area contributed by atoms with Crippen LogP contribution in [0, 0.1) is 0 Å². The predicted octanol–water partition coefficient (Wildman–Crippen LogP) is 0.215. The summed E-state index contributed by atoms with van der Waals surface area (Å²) < 4.78 is 0. The Balaban J connectivity index is 2.28.